The maximum atomic E-state index is 12.9. The average Bonchev–Trinajstić information content (AvgIpc) is 3.30. The van der Waals surface area contributed by atoms with Crippen molar-refractivity contribution in [2.24, 2.45) is 0 Å². The molecule has 0 spiro atoms. The Balaban J connectivity index is 1.41. The Morgan fingerprint density at radius 1 is 1.06 bits per heavy atom. The van der Waals surface area contributed by atoms with Gasteiger partial charge in [-0.1, -0.05) is 6.07 Å². The van der Waals surface area contributed by atoms with Crippen LogP contribution in [0.5, 0.6) is 5.75 Å². The number of nitrogens with one attached hydrogen (secondary N) is 3. The summed E-state index contributed by atoms with van der Waals surface area (Å²) < 4.78 is 49.2. The predicted molar refractivity (Wildman–Crippen MR) is 109 cm³/mol. The van der Waals surface area contributed by atoms with Gasteiger partial charge in [-0.25, -0.2) is 4.98 Å². The second kappa shape index (κ2) is 10.3. The van der Waals surface area contributed by atoms with E-state index < -0.39 is 23.6 Å². The highest BCUT2D eigenvalue weighted by atomic mass is 19.4. The number of furan rings is 1. The van der Waals surface area contributed by atoms with E-state index in [4.69, 9.17) is 9.15 Å². The van der Waals surface area contributed by atoms with Crippen LogP contribution in [-0.4, -0.2) is 36.5 Å². The number of alkyl halides is 3. The molecule has 3 N–H and O–H groups in total. The van der Waals surface area contributed by atoms with Crippen LogP contribution >= 0.6 is 0 Å². The van der Waals surface area contributed by atoms with Crippen LogP contribution in [-0.2, 0) is 11.0 Å². The van der Waals surface area contributed by atoms with Crippen LogP contribution < -0.4 is 20.7 Å². The molecule has 0 fully saturated rings. The van der Waals surface area contributed by atoms with Gasteiger partial charge in [-0.05, 0) is 36.4 Å². The van der Waals surface area contributed by atoms with Crippen molar-refractivity contribution in [1.29, 1.82) is 0 Å². The van der Waals surface area contributed by atoms with Gasteiger partial charge in [-0.2, -0.15) is 13.2 Å². The third kappa shape index (κ3) is 6.49. The largest absolute Gasteiger partial charge is 0.484 e. The molecule has 0 saturated carbocycles. The summed E-state index contributed by atoms with van der Waals surface area (Å²) >= 11 is 0. The highest BCUT2D eigenvalue weighted by Crippen LogP contribution is 2.33. The van der Waals surface area contributed by atoms with E-state index in [1.165, 1.54) is 30.7 Å². The molecular weight excluding hydrogens is 429 g/mol. The minimum Gasteiger partial charge on any atom is -0.484 e. The molecule has 3 rings (SSSR count). The Labute approximate surface area is 180 Å². The average molecular weight is 448 g/mol. The van der Waals surface area contributed by atoms with Gasteiger partial charge in [0.05, 0.1) is 11.8 Å². The molecule has 0 saturated heterocycles. The van der Waals surface area contributed by atoms with E-state index in [1.54, 1.807) is 24.3 Å². The number of hydrogen-bond donors (Lipinski definition) is 3. The highest BCUT2D eigenvalue weighted by molar-refractivity contribution is 6.02. The molecule has 32 heavy (non-hydrogen) atoms. The Morgan fingerprint density at radius 2 is 1.91 bits per heavy atom. The molecule has 3 aromatic rings. The maximum Gasteiger partial charge on any atom is 0.419 e. The zero-order chi connectivity index (χ0) is 23.0. The van der Waals surface area contributed by atoms with E-state index in [0.717, 1.165) is 6.07 Å². The minimum absolute atomic E-state index is 0.0418. The summed E-state index contributed by atoms with van der Waals surface area (Å²) in [6, 6.07) is 11.7. The van der Waals surface area contributed by atoms with E-state index in [0.29, 0.717) is 11.4 Å². The molecular formula is C21H19F3N4O4. The molecule has 2 heterocycles. The number of nitrogens with zero attached hydrogens (tertiary/aromatic N) is 1. The quantitative estimate of drug-likeness (QED) is 0.433. The molecule has 0 atom stereocenters. The van der Waals surface area contributed by atoms with Crippen molar-refractivity contribution in [1.82, 2.24) is 10.3 Å². The molecule has 1 aromatic carbocycles. The fraction of sp³-hybridized carbons (Fsp3) is 0.190. The van der Waals surface area contributed by atoms with Gasteiger partial charge in [0.15, 0.2) is 12.4 Å². The Kier molecular flexibility index (Phi) is 7.32. The van der Waals surface area contributed by atoms with Crippen LogP contribution in [0, 0.1) is 0 Å². The smallest absolute Gasteiger partial charge is 0.419 e. The number of amides is 2. The topological polar surface area (TPSA) is 105 Å². The summed E-state index contributed by atoms with van der Waals surface area (Å²) in [6.07, 6.45) is -1.90. The van der Waals surface area contributed by atoms with Crippen LogP contribution in [0.1, 0.15) is 16.1 Å². The third-order valence-corrected chi connectivity index (χ3v) is 4.06. The Bertz CT molecular complexity index is 1060. The van der Waals surface area contributed by atoms with E-state index in [-0.39, 0.29) is 31.3 Å². The van der Waals surface area contributed by atoms with E-state index in [1.807, 2.05) is 0 Å². The van der Waals surface area contributed by atoms with Crippen molar-refractivity contribution in [2.45, 2.75) is 6.18 Å². The number of anilines is 2. The summed E-state index contributed by atoms with van der Waals surface area (Å²) in [5.74, 6) is -0.706. The lowest BCUT2D eigenvalue weighted by atomic mass is 10.2. The maximum absolute atomic E-state index is 12.9. The molecule has 11 heteroatoms. The van der Waals surface area contributed by atoms with Crippen LogP contribution in [0.3, 0.4) is 0 Å². The molecule has 0 aliphatic carbocycles. The number of rotatable bonds is 9. The summed E-state index contributed by atoms with van der Waals surface area (Å²) in [5, 5.41) is 7.72. The zero-order valence-corrected chi connectivity index (χ0v) is 16.6. The number of halogens is 3. The monoisotopic (exact) mass is 448 g/mol. The normalized spacial score (nSPS) is 11.0. The summed E-state index contributed by atoms with van der Waals surface area (Å²) in [5.41, 5.74) is -0.432. The minimum atomic E-state index is -4.53. The van der Waals surface area contributed by atoms with Gasteiger partial charge < -0.3 is 25.1 Å². The van der Waals surface area contributed by atoms with Crippen molar-refractivity contribution >= 4 is 23.3 Å². The zero-order valence-electron chi connectivity index (χ0n) is 16.6. The molecule has 0 bridgehead atoms. The summed E-state index contributed by atoms with van der Waals surface area (Å²) in [7, 11) is 0. The van der Waals surface area contributed by atoms with Gasteiger partial charge >= 0.3 is 6.18 Å². The fourth-order valence-electron chi connectivity index (χ4n) is 2.62. The van der Waals surface area contributed by atoms with Gasteiger partial charge in [-0.15, -0.1) is 0 Å². The summed E-state index contributed by atoms with van der Waals surface area (Å²) in [6.45, 7) is -0.206. The second-order valence-electron chi connectivity index (χ2n) is 6.42. The molecule has 2 aromatic heterocycles. The van der Waals surface area contributed by atoms with Crippen molar-refractivity contribution in [3.05, 3.63) is 72.3 Å². The van der Waals surface area contributed by atoms with Gasteiger partial charge in [0.1, 0.15) is 11.6 Å². The molecule has 2 amide bonds. The number of pyridine rings is 1. The molecule has 0 unspecified atom stereocenters. The van der Waals surface area contributed by atoms with Crippen LogP contribution in [0.25, 0.3) is 0 Å². The first-order valence-corrected chi connectivity index (χ1v) is 9.43. The number of benzene rings is 1. The lowest BCUT2D eigenvalue weighted by Gasteiger charge is -2.13. The number of ether oxygens (including phenoxy) is 1. The first kappa shape index (κ1) is 22.7. The van der Waals surface area contributed by atoms with Crippen LogP contribution in [0.15, 0.2) is 65.4 Å². The lowest BCUT2D eigenvalue weighted by molar-refractivity contribution is -0.137. The van der Waals surface area contributed by atoms with E-state index >= 15 is 0 Å². The van der Waals surface area contributed by atoms with E-state index in [2.05, 4.69) is 20.9 Å². The SMILES string of the molecule is O=C(COc1cccc(NC(=O)c2ccco2)c1)NCCNc1ncccc1C(F)(F)F. The van der Waals surface area contributed by atoms with E-state index in [9.17, 15) is 22.8 Å². The third-order valence-electron chi connectivity index (χ3n) is 4.06. The number of hydrogen-bond acceptors (Lipinski definition) is 6. The lowest BCUT2D eigenvalue weighted by Crippen LogP contribution is -2.33. The van der Waals surface area contributed by atoms with Crippen molar-refractivity contribution in [3.8, 4) is 5.75 Å². The molecule has 0 radical (unpaired) electrons. The first-order valence-electron chi connectivity index (χ1n) is 9.43. The number of carbonyl (C=O) groups is 2. The molecule has 0 aliphatic heterocycles. The standard InChI is InChI=1S/C21H19F3N4O4/c22-21(23,24)16-6-2-8-26-19(16)27-10-9-25-18(29)13-32-15-5-1-4-14(12-15)28-20(30)17-7-3-11-31-17/h1-8,11-12H,9-10,13H2,(H,25,29)(H,26,27)(H,28,30). The Morgan fingerprint density at radius 3 is 2.66 bits per heavy atom. The van der Waals surface area contributed by atoms with Gasteiger partial charge in [0.2, 0.25) is 0 Å². The second-order valence-corrected chi connectivity index (χ2v) is 6.42. The molecule has 168 valence electrons. The first-order chi connectivity index (χ1) is 15.3. The van der Waals surface area contributed by atoms with Crippen molar-refractivity contribution in [2.75, 3.05) is 30.3 Å². The van der Waals surface area contributed by atoms with Crippen LogP contribution in [0.4, 0.5) is 24.7 Å². The number of carbonyl (C=O) groups excluding carboxylic acids is 2. The highest BCUT2D eigenvalue weighted by Gasteiger charge is 2.33. The van der Waals surface area contributed by atoms with Gasteiger partial charge in [0, 0.05) is 31.0 Å². The van der Waals surface area contributed by atoms with Crippen molar-refractivity contribution in [3.63, 3.8) is 0 Å². The summed E-state index contributed by atoms with van der Waals surface area (Å²) in [4.78, 5) is 27.6. The Hall–Kier alpha value is -4.02. The number of aromatic nitrogens is 1. The van der Waals surface area contributed by atoms with Gasteiger partial charge in [-0.3, -0.25) is 9.59 Å². The van der Waals surface area contributed by atoms with Crippen LogP contribution in [0.2, 0.25) is 0 Å². The molecule has 8 nitrogen and oxygen atoms in total. The van der Waals surface area contributed by atoms with Gasteiger partial charge in [0.25, 0.3) is 11.8 Å². The van der Waals surface area contributed by atoms with Crippen molar-refractivity contribution < 1.29 is 31.9 Å². The predicted octanol–water partition coefficient (Wildman–Crippen LogP) is 3.55. The fourth-order valence-corrected chi connectivity index (χ4v) is 2.62. The molecule has 0 aliphatic rings.